The van der Waals surface area contributed by atoms with Gasteiger partial charge in [0.25, 0.3) is 0 Å². The van der Waals surface area contributed by atoms with Crippen LogP contribution in [0.15, 0.2) is 36.5 Å². The largest absolute Gasteiger partial charge is 0.417 e. The first-order chi connectivity index (χ1) is 8.86. The second kappa shape index (κ2) is 5.27. The van der Waals surface area contributed by atoms with Gasteiger partial charge in [-0.15, -0.1) is 0 Å². The second-order valence-corrected chi connectivity index (χ2v) is 4.53. The van der Waals surface area contributed by atoms with Crippen LogP contribution in [0.3, 0.4) is 0 Å². The predicted molar refractivity (Wildman–Crippen MR) is 69.0 cm³/mol. The fraction of sp³-hybridized carbons (Fsp3) is 0.0833. The van der Waals surface area contributed by atoms with Crippen LogP contribution in [0.2, 0.25) is 10.0 Å². The molecule has 1 aromatic carbocycles. The van der Waals surface area contributed by atoms with Crippen molar-refractivity contribution in [1.29, 1.82) is 0 Å². The lowest BCUT2D eigenvalue weighted by atomic mass is 10.2. The summed E-state index contributed by atoms with van der Waals surface area (Å²) < 4.78 is 37.3. The third-order valence-electron chi connectivity index (χ3n) is 2.26. The number of alkyl halides is 3. The van der Waals surface area contributed by atoms with Crippen LogP contribution < -0.4 is 5.32 Å². The maximum Gasteiger partial charge on any atom is 0.417 e. The summed E-state index contributed by atoms with van der Waals surface area (Å²) in [4.78, 5) is 3.66. The molecular weight excluding hydrogens is 300 g/mol. The molecule has 0 amide bonds. The average Bonchev–Trinajstić information content (AvgIpc) is 2.30. The van der Waals surface area contributed by atoms with Gasteiger partial charge in [-0.25, -0.2) is 4.98 Å². The van der Waals surface area contributed by atoms with Gasteiger partial charge in [0.2, 0.25) is 0 Å². The SMILES string of the molecule is FC(F)(F)c1cnc(Nc2cccc(Cl)c2)c(Cl)c1. The van der Waals surface area contributed by atoms with Gasteiger partial charge in [-0.3, -0.25) is 0 Å². The summed E-state index contributed by atoms with van der Waals surface area (Å²) in [5.74, 6) is 0.136. The average molecular weight is 307 g/mol. The molecule has 1 heterocycles. The highest BCUT2D eigenvalue weighted by Crippen LogP contribution is 2.33. The standard InChI is InChI=1S/C12H7Cl2F3N2/c13-8-2-1-3-9(5-8)19-11-10(14)4-7(6-18-11)12(15,16)17/h1-6H,(H,18,19). The number of rotatable bonds is 2. The lowest BCUT2D eigenvalue weighted by Gasteiger charge is -2.10. The number of hydrogen-bond donors (Lipinski definition) is 1. The van der Waals surface area contributed by atoms with E-state index in [9.17, 15) is 13.2 Å². The molecule has 0 radical (unpaired) electrons. The first kappa shape index (κ1) is 14.0. The molecule has 0 aliphatic rings. The van der Waals surface area contributed by atoms with Gasteiger partial charge in [-0.05, 0) is 24.3 Å². The number of aromatic nitrogens is 1. The Morgan fingerprint density at radius 3 is 2.42 bits per heavy atom. The van der Waals surface area contributed by atoms with Crippen molar-refractivity contribution in [3.05, 3.63) is 52.1 Å². The molecule has 0 spiro atoms. The van der Waals surface area contributed by atoms with Gasteiger partial charge in [0.1, 0.15) is 5.82 Å². The Hall–Kier alpha value is -1.46. The Kier molecular flexibility index (Phi) is 3.87. The van der Waals surface area contributed by atoms with E-state index >= 15 is 0 Å². The molecule has 1 N–H and O–H groups in total. The minimum atomic E-state index is -4.47. The molecule has 0 bridgehead atoms. The van der Waals surface area contributed by atoms with Crippen LogP contribution in [0, 0.1) is 0 Å². The summed E-state index contributed by atoms with van der Waals surface area (Å²) in [5.41, 5.74) is -0.309. The molecule has 7 heteroatoms. The molecular formula is C12H7Cl2F3N2. The van der Waals surface area contributed by atoms with E-state index in [-0.39, 0.29) is 10.8 Å². The van der Waals surface area contributed by atoms with Gasteiger partial charge >= 0.3 is 6.18 Å². The van der Waals surface area contributed by atoms with E-state index in [1.54, 1.807) is 24.3 Å². The summed E-state index contributed by atoms with van der Waals surface area (Å²) in [6.07, 6.45) is -3.75. The zero-order chi connectivity index (χ0) is 14.0. The lowest BCUT2D eigenvalue weighted by molar-refractivity contribution is -0.137. The maximum atomic E-state index is 12.4. The minimum Gasteiger partial charge on any atom is -0.339 e. The Labute approximate surface area is 117 Å². The van der Waals surface area contributed by atoms with Gasteiger partial charge in [0.15, 0.2) is 0 Å². The van der Waals surface area contributed by atoms with Crippen LogP contribution in [0.5, 0.6) is 0 Å². The molecule has 2 rings (SSSR count). The summed E-state index contributed by atoms with van der Waals surface area (Å²) in [6.45, 7) is 0. The smallest absolute Gasteiger partial charge is 0.339 e. The summed E-state index contributed by atoms with van der Waals surface area (Å²) in [7, 11) is 0. The van der Waals surface area contributed by atoms with Gasteiger partial charge in [0.05, 0.1) is 10.6 Å². The van der Waals surface area contributed by atoms with Gasteiger partial charge in [-0.1, -0.05) is 29.3 Å². The number of nitrogens with one attached hydrogen (secondary N) is 1. The highest BCUT2D eigenvalue weighted by molar-refractivity contribution is 6.33. The summed E-state index contributed by atoms with van der Waals surface area (Å²) in [6, 6.07) is 7.50. The van der Waals surface area contributed by atoms with Crippen molar-refractivity contribution in [3.8, 4) is 0 Å². The monoisotopic (exact) mass is 306 g/mol. The molecule has 0 aliphatic heterocycles. The fourth-order valence-corrected chi connectivity index (χ4v) is 1.79. The normalized spacial score (nSPS) is 11.4. The fourth-order valence-electron chi connectivity index (χ4n) is 1.39. The highest BCUT2D eigenvalue weighted by atomic mass is 35.5. The van der Waals surface area contributed by atoms with Gasteiger partial charge < -0.3 is 5.32 Å². The van der Waals surface area contributed by atoms with E-state index in [2.05, 4.69) is 10.3 Å². The lowest BCUT2D eigenvalue weighted by Crippen LogP contribution is -2.06. The molecule has 0 saturated carbocycles. The molecule has 2 aromatic rings. The third kappa shape index (κ3) is 3.52. The Balaban J connectivity index is 2.27. The summed E-state index contributed by atoms with van der Waals surface area (Å²) >= 11 is 11.6. The number of pyridine rings is 1. The quantitative estimate of drug-likeness (QED) is 0.830. The van der Waals surface area contributed by atoms with Crippen molar-refractivity contribution in [1.82, 2.24) is 4.98 Å². The van der Waals surface area contributed by atoms with E-state index in [0.717, 1.165) is 12.3 Å². The molecule has 2 nitrogen and oxygen atoms in total. The van der Waals surface area contributed by atoms with Crippen molar-refractivity contribution >= 4 is 34.7 Å². The van der Waals surface area contributed by atoms with E-state index in [0.29, 0.717) is 10.7 Å². The molecule has 19 heavy (non-hydrogen) atoms. The molecule has 0 unspecified atom stereocenters. The van der Waals surface area contributed by atoms with Crippen LogP contribution in [-0.2, 0) is 6.18 Å². The number of hydrogen-bond acceptors (Lipinski definition) is 2. The van der Waals surface area contributed by atoms with Crippen molar-refractivity contribution in [2.45, 2.75) is 6.18 Å². The number of anilines is 2. The Morgan fingerprint density at radius 1 is 1.11 bits per heavy atom. The first-order valence-electron chi connectivity index (χ1n) is 5.11. The van der Waals surface area contributed by atoms with E-state index in [4.69, 9.17) is 23.2 Å². The third-order valence-corrected chi connectivity index (χ3v) is 2.78. The molecule has 1 aromatic heterocycles. The number of nitrogens with zero attached hydrogens (tertiary/aromatic N) is 1. The van der Waals surface area contributed by atoms with Crippen molar-refractivity contribution in [2.24, 2.45) is 0 Å². The van der Waals surface area contributed by atoms with E-state index in [1.165, 1.54) is 0 Å². The molecule has 0 fully saturated rings. The highest BCUT2D eigenvalue weighted by Gasteiger charge is 2.31. The molecule has 100 valence electrons. The predicted octanol–water partition coefficient (Wildman–Crippen LogP) is 5.15. The Bertz CT molecular complexity index is 600. The zero-order valence-electron chi connectivity index (χ0n) is 9.30. The van der Waals surface area contributed by atoms with Crippen molar-refractivity contribution < 1.29 is 13.2 Å². The second-order valence-electron chi connectivity index (χ2n) is 3.69. The van der Waals surface area contributed by atoms with Crippen LogP contribution in [0.1, 0.15) is 5.56 Å². The van der Waals surface area contributed by atoms with Gasteiger partial charge in [0, 0.05) is 16.9 Å². The van der Waals surface area contributed by atoms with Crippen LogP contribution in [0.4, 0.5) is 24.7 Å². The van der Waals surface area contributed by atoms with Crippen molar-refractivity contribution in [3.63, 3.8) is 0 Å². The molecule has 0 atom stereocenters. The number of halogens is 5. The van der Waals surface area contributed by atoms with Crippen LogP contribution >= 0.6 is 23.2 Å². The maximum absolute atomic E-state index is 12.4. The van der Waals surface area contributed by atoms with E-state index < -0.39 is 11.7 Å². The zero-order valence-corrected chi connectivity index (χ0v) is 10.8. The Morgan fingerprint density at radius 2 is 1.84 bits per heavy atom. The topological polar surface area (TPSA) is 24.9 Å². The van der Waals surface area contributed by atoms with Gasteiger partial charge in [-0.2, -0.15) is 13.2 Å². The van der Waals surface area contributed by atoms with Crippen LogP contribution in [-0.4, -0.2) is 4.98 Å². The minimum absolute atomic E-state index is 0.116. The van der Waals surface area contributed by atoms with E-state index in [1.807, 2.05) is 0 Å². The molecule has 0 aliphatic carbocycles. The van der Waals surface area contributed by atoms with Crippen molar-refractivity contribution in [2.75, 3.05) is 5.32 Å². The summed E-state index contributed by atoms with van der Waals surface area (Å²) in [5, 5.41) is 3.17. The first-order valence-corrected chi connectivity index (χ1v) is 5.87. The van der Waals surface area contributed by atoms with Crippen LogP contribution in [0.25, 0.3) is 0 Å². The number of benzene rings is 1. The molecule has 0 saturated heterocycles.